The van der Waals surface area contributed by atoms with Crippen molar-refractivity contribution < 1.29 is 14.0 Å². The molecule has 1 aliphatic rings. The van der Waals surface area contributed by atoms with Crippen molar-refractivity contribution in [1.29, 1.82) is 0 Å². The van der Waals surface area contributed by atoms with E-state index in [1.165, 1.54) is 0 Å². The monoisotopic (exact) mass is 353 g/mol. The van der Waals surface area contributed by atoms with E-state index in [9.17, 15) is 9.59 Å². The largest absolute Gasteiger partial charge is 0.441 e. The van der Waals surface area contributed by atoms with Crippen LogP contribution in [0.4, 0.5) is 11.4 Å². The second-order valence-electron chi connectivity index (χ2n) is 5.73. The lowest BCUT2D eigenvalue weighted by atomic mass is 10.1. The second-order valence-corrected chi connectivity index (χ2v) is 6.86. The van der Waals surface area contributed by atoms with Crippen LogP contribution in [-0.4, -0.2) is 22.6 Å². The standard InChI is InChI=1S/C18H15N3O3S/c1-10-19-13-9-12(3-4-15(13)24-10)20-18(23)11-2-5-16-14(8-11)21-17(22)6-7-25-16/h2-5,8-9H,6-7H2,1H3,(H,20,23)(H,21,22). The Hall–Kier alpha value is -2.80. The van der Waals surface area contributed by atoms with Crippen LogP contribution in [0, 0.1) is 6.92 Å². The van der Waals surface area contributed by atoms with Gasteiger partial charge in [-0.2, -0.15) is 0 Å². The molecule has 7 heteroatoms. The minimum absolute atomic E-state index is 0.0318. The highest BCUT2D eigenvalue weighted by atomic mass is 32.2. The summed E-state index contributed by atoms with van der Waals surface area (Å²) in [6.45, 7) is 1.78. The fourth-order valence-corrected chi connectivity index (χ4v) is 3.62. The summed E-state index contributed by atoms with van der Waals surface area (Å²) in [5, 5.41) is 5.70. The van der Waals surface area contributed by atoms with E-state index in [2.05, 4.69) is 15.6 Å². The summed E-state index contributed by atoms with van der Waals surface area (Å²) in [7, 11) is 0. The first-order valence-electron chi connectivity index (χ1n) is 7.84. The first-order chi connectivity index (χ1) is 12.1. The summed E-state index contributed by atoms with van der Waals surface area (Å²) < 4.78 is 5.43. The van der Waals surface area contributed by atoms with E-state index in [-0.39, 0.29) is 11.8 Å². The molecule has 1 aromatic heterocycles. The van der Waals surface area contributed by atoms with Gasteiger partial charge in [0.2, 0.25) is 5.91 Å². The average Bonchev–Trinajstić information content (AvgIpc) is 2.84. The molecule has 0 saturated carbocycles. The van der Waals surface area contributed by atoms with Crippen LogP contribution in [0.1, 0.15) is 22.7 Å². The number of hydrogen-bond acceptors (Lipinski definition) is 5. The molecule has 0 spiro atoms. The maximum absolute atomic E-state index is 12.5. The van der Waals surface area contributed by atoms with Gasteiger partial charge < -0.3 is 15.1 Å². The van der Waals surface area contributed by atoms with E-state index < -0.39 is 0 Å². The van der Waals surface area contributed by atoms with Crippen LogP contribution in [0.25, 0.3) is 11.1 Å². The van der Waals surface area contributed by atoms with Crippen molar-refractivity contribution in [3.05, 3.63) is 47.9 Å². The van der Waals surface area contributed by atoms with E-state index in [1.54, 1.807) is 49.0 Å². The molecule has 126 valence electrons. The summed E-state index contributed by atoms with van der Waals surface area (Å²) in [5.74, 6) is 1.04. The Morgan fingerprint density at radius 1 is 1.28 bits per heavy atom. The van der Waals surface area contributed by atoms with E-state index in [0.29, 0.717) is 40.3 Å². The lowest BCUT2D eigenvalue weighted by molar-refractivity contribution is -0.115. The first kappa shape index (κ1) is 15.7. The summed E-state index contributed by atoms with van der Waals surface area (Å²) in [5.41, 5.74) is 3.18. The van der Waals surface area contributed by atoms with Crippen molar-refractivity contribution in [2.45, 2.75) is 18.2 Å². The van der Waals surface area contributed by atoms with Crippen molar-refractivity contribution in [3.8, 4) is 0 Å². The molecule has 6 nitrogen and oxygen atoms in total. The first-order valence-corrected chi connectivity index (χ1v) is 8.82. The van der Waals surface area contributed by atoms with Gasteiger partial charge in [-0.1, -0.05) is 0 Å². The SMILES string of the molecule is Cc1nc2cc(NC(=O)c3ccc4c(c3)NC(=O)CCS4)ccc2o1. The minimum Gasteiger partial charge on any atom is -0.441 e. The van der Waals surface area contributed by atoms with Crippen LogP contribution in [0.3, 0.4) is 0 Å². The summed E-state index contributed by atoms with van der Waals surface area (Å²) in [4.78, 5) is 29.5. The van der Waals surface area contributed by atoms with Gasteiger partial charge in [0, 0.05) is 35.2 Å². The predicted octanol–water partition coefficient (Wildman–Crippen LogP) is 3.82. The Bertz CT molecular complexity index is 996. The molecule has 0 aliphatic carbocycles. The molecule has 0 atom stereocenters. The number of benzene rings is 2. The molecule has 0 fully saturated rings. The smallest absolute Gasteiger partial charge is 0.255 e. The number of nitrogens with one attached hydrogen (secondary N) is 2. The number of nitrogens with zero attached hydrogens (tertiary/aromatic N) is 1. The number of oxazole rings is 1. The van der Waals surface area contributed by atoms with Gasteiger partial charge in [-0.3, -0.25) is 9.59 Å². The van der Waals surface area contributed by atoms with Gasteiger partial charge in [-0.05, 0) is 36.4 Å². The number of hydrogen-bond donors (Lipinski definition) is 2. The van der Waals surface area contributed by atoms with Crippen molar-refractivity contribution in [3.63, 3.8) is 0 Å². The Kier molecular flexibility index (Phi) is 3.93. The van der Waals surface area contributed by atoms with Gasteiger partial charge in [-0.15, -0.1) is 11.8 Å². The molecule has 2 aromatic carbocycles. The van der Waals surface area contributed by atoms with Crippen LogP contribution in [0.5, 0.6) is 0 Å². The number of fused-ring (bicyclic) bond motifs is 2. The maximum atomic E-state index is 12.5. The quantitative estimate of drug-likeness (QED) is 0.731. The Morgan fingerprint density at radius 2 is 2.16 bits per heavy atom. The number of carbonyl (C=O) groups excluding carboxylic acids is 2. The zero-order chi connectivity index (χ0) is 17.4. The Labute approximate surface area is 148 Å². The highest BCUT2D eigenvalue weighted by Crippen LogP contribution is 2.31. The van der Waals surface area contributed by atoms with E-state index in [4.69, 9.17) is 4.42 Å². The van der Waals surface area contributed by atoms with E-state index in [1.807, 2.05) is 6.07 Å². The number of aryl methyl sites for hydroxylation is 1. The molecule has 0 unspecified atom stereocenters. The van der Waals surface area contributed by atoms with Crippen molar-refractivity contribution in [2.75, 3.05) is 16.4 Å². The summed E-state index contributed by atoms with van der Waals surface area (Å²) >= 11 is 1.61. The molecule has 2 N–H and O–H groups in total. The lowest BCUT2D eigenvalue weighted by Gasteiger charge is -2.09. The zero-order valence-corrected chi connectivity index (χ0v) is 14.3. The fraction of sp³-hybridized carbons (Fsp3) is 0.167. The molecule has 2 amide bonds. The highest BCUT2D eigenvalue weighted by Gasteiger charge is 2.16. The number of carbonyl (C=O) groups is 2. The third-order valence-electron chi connectivity index (χ3n) is 3.85. The molecule has 3 aromatic rings. The number of aromatic nitrogens is 1. The maximum Gasteiger partial charge on any atom is 0.255 e. The van der Waals surface area contributed by atoms with Gasteiger partial charge in [-0.25, -0.2) is 4.98 Å². The Morgan fingerprint density at radius 3 is 3.04 bits per heavy atom. The zero-order valence-electron chi connectivity index (χ0n) is 13.5. The molecular weight excluding hydrogens is 338 g/mol. The number of amides is 2. The van der Waals surface area contributed by atoms with Crippen LogP contribution in [0.15, 0.2) is 45.7 Å². The topological polar surface area (TPSA) is 84.2 Å². The van der Waals surface area contributed by atoms with Gasteiger partial charge in [0.1, 0.15) is 5.52 Å². The molecule has 0 saturated heterocycles. The Balaban J connectivity index is 1.58. The van der Waals surface area contributed by atoms with Crippen LogP contribution in [0.2, 0.25) is 0 Å². The predicted molar refractivity (Wildman–Crippen MR) is 97.1 cm³/mol. The third-order valence-corrected chi connectivity index (χ3v) is 4.93. The molecule has 1 aliphatic heterocycles. The number of rotatable bonds is 2. The highest BCUT2D eigenvalue weighted by molar-refractivity contribution is 7.99. The molecule has 0 bridgehead atoms. The second kappa shape index (κ2) is 6.25. The minimum atomic E-state index is -0.245. The number of anilines is 2. The van der Waals surface area contributed by atoms with E-state index >= 15 is 0 Å². The van der Waals surface area contributed by atoms with E-state index in [0.717, 1.165) is 10.6 Å². The normalized spacial score (nSPS) is 13.9. The van der Waals surface area contributed by atoms with Gasteiger partial charge >= 0.3 is 0 Å². The van der Waals surface area contributed by atoms with Crippen molar-refractivity contribution >= 4 is 46.1 Å². The lowest BCUT2D eigenvalue weighted by Crippen LogP contribution is -2.14. The van der Waals surface area contributed by atoms with Crippen LogP contribution in [-0.2, 0) is 4.79 Å². The fourth-order valence-electron chi connectivity index (χ4n) is 2.68. The third kappa shape index (κ3) is 3.23. The van der Waals surface area contributed by atoms with Gasteiger partial charge in [0.05, 0.1) is 5.69 Å². The van der Waals surface area contributed by atoms with Crippen LogP contribution >= 0.6 is 11.8 Å². The molecule has 25 heavy (non-hydrogen) atoms. The molecular formula is C18H15N3O3S. The molecule has 0 radical (unpaired) electrons. The molecule has 4 rings (SSSR count). The van der Waals surface area contributed by atoms with Gasteiger partial charge in [0.15, 0.2) is 11.5 Å². The van der Waals surface area contributed by atoms with Gasteiger partial charge in [0.25, 0.3) is 5.91 Å². The summed E-state index contributed by atoms with van der Waals surface area (Å²) in [6, 6.07) is 10.7. The van der Waals surface area contributed by atoms with Crippen LogP contribution < -0.4 is 10.6 Å². The molecule has 2 heterocycles. The van der Waals surface area contributed by atoms with Crippen molar-refractivity contribution in [1.82, 2.24) is 4.98 Å². The average molecular weight is 353 g/mol. The number of thioether (sulfide) groups is 1. The van der Waals surface area contributed by atoms with Crippen molar-refractivity contribution in [2.24, 2.45) is 0 Å². The summed E-state index contributed by atoms with van der Waals surface area (Å²) in [6.07, 6.45) is 0.470.